The van der Waals surface area contributed by atoms with Gasteiger partial charge < -0.3 is 29.8 Å². The summed E-state index contributed by atoms with van der Waals surface area (Å²) in [6.45, 7) is 11.9. The van der Waals surface area contributed by atoms with E-state index in [9.17, 15) is 19.2 Å². The summed E-state index contributed by atoms with van der Waals surface area (Å²) in [4.78, 5) is 47.8. The number of hydrogen-bond acceptors (Lipinski definition) is 9. The quantitative estimate of drug-likeness (QED) is 0.470. The number of carbonyl (C=O) groups excluding carboxylic acids is 3. The fourth-order valence-corrected chi connectivity index (χ4v) is 3.25. The number of aldehydes is 1. The van der Waals surface area contributed by atoms with Crippen molar-refractivity contribution in [3.05, 3.63) is 30.3 Å². The average Bonchev–Trinajstić information content (AvgIpc) is 2.84. The van der Waals surface area contributed by atoms with Gasteiger partial charge >= 0.3 is 12.1 Å². The molecule has 218 valence electrons. The Morgan fingerprint density at radius 3 is 2.05 bits per heavy atom. The molecule has 1 heterocycles. The Morgan fingerprint density at radius 1 is 1.05 bits per heavy atom. The number of piperazine rings is 1. The van der Waals surface area contributed by atoms with Crippen LogP contribution in [0.1, 0.15) is 47.5 Å². The fourth-order valence-electron chi connectivity index (χ4n) is 3.25. The van der Waals surface area contributed by atoms with Crippen molar-refractivity contribution in [3.8, 4) is 5.75 Å². The minimum Gasteiger partial charge on any atom is -0.481 e. The van der Waals surface area contributed by atoms with Gasteiger partial charge in [0.15, 0.2) is 0 Å². The first-order valence-electron chi connectivity index (χ1n) is 12.3. The van der Waals surface area contributed by atoms with E-state index in [0.717, 1.165) is 12.7 Å². The lowest BCUT2D eigenvalue weighted by Gasteiger charge is -2.40. The molecule has 2 rings (SSSR count). The third-order valence-electron chi connectivity index (χ3n) is 4.95. The molecule has 38 heavy (non-hydrogen) atoms. The van der Waals surface area contributed by atoms with Crippen molar-refractivity contribution in [1.82, 2.24) is 9.80 Å². The van der Waals surface area contributed by atoms with Crippen molar-refractivity contribution >= 4 is 24.8 Å². The van der Waals surface area contributed by atoms with Crippen molar-refractivity contribution < 1.29 is 38.5 Å². The largest absolute Gasteiger partial charge is 0.481 e. The van der Waals surface area contributed by atoms with E-state index in [-0.39, 0.29) is 11.8 Å². The number of ether oxygens (including phenoxy) is 3. The number of methoxy groups -OCH3 is 1. The van der Waals surface area contributed by atoms with Gasteiger partial charge in [-0.15, -0.1) is 0 Å². The highest BCUT2D eigenvalue weighted by Crippen LogP contribution is 2.26. The summed E-state index contributed by atoms with van der Waals surface area (Å²) in [7, 11) is 4.75. The topological polar surface area (TPSA) is 149 Å². The Balaban J connectivity index is 0. The van der Waals surface area contributed by atoms with E-state index < -0.39 is 23.7 Å². The SMILES string of the molecule is CC(C)(CCN1CCN(C(=O)OC(C)(C)C)C(C=O)C1)CC(=O)O.CN.COC.O=COc1ccccc1. The molecule has 1 fully saturated rings. The molecule has 1 atom stereocenters. The van der Waals surface area contributed by atoms with E-state index in [1.807, 2.05) is 19.9 Å². The second kappa shape index (κ2) is 20.0. The minimum absolute atomic E-state index is 0.113. The van der Waals surface area contributed by atoms with E-state index in [0.29, 0.717) is 38.4 Å². The molecule has 0 radical (unpaired) electrons. The van der Waals surface area contributed by atoms with Gasteiger partial charge in [-0.1, -0.05) is 32.0 Å². The van der Waals surface area contributed by atoms with Gasteiger partial charge in [0.05, 0.1) is 6.42 Å². The standard InChI is InChI=1S/C17H30N2O5.C7H6O2.C2H6O.CH5N/c1-16(2,3)24-15(23)19-9-8-18(11-13(19)12-20)7-6-17(4,5)10-14(21)22;8-6-9-7-4-2-1-3-5-7;1-3-2;1-2/h12-13H,6-11H2,1-5H3,(H,21,22);1-6H;1-2H3;2H2,1H3. The zero-order valence-electron chi connectivity index (χ0n) is 24.1. The highest BCUT2D eigenvalue weighted by atomic mass is 16.6. The molecule has 0 bridgehead atoms. The van der Waals surface area contributed by atoms with Gasteiger partial charge in [-0.25, -0.2) is 4.79 Å². The molecule has 1 aliphatic heterocycles. The molecule has 1 aromatic carbocycles. The Bertz CT molecular complexity index is 797. The van der Waals surface area contributed by atoms with Crippen LogP contribution in [0.2, 0.25) is 0 Å². The molecule has 1 unspecified atom stereocenters. The Labute approximate surface area is 227 Å². The first-order valence-corrected chi connectivity index (χ1v) is 12.3. The molecule has 0 spiro atoms. The second-order valence-electron chi connectivity index (χ2n) is 10.1. The van der Waals surface area contributed by atoms with Gasteiger partial charge in [-0.3, -0.25) is 19.4 Å². The summed E-state index contributed by atoms with van der Waals surface area (Å²) in [5, 5.41) is 8.94. The molecule has 0 saturated carbocycles. The molecule has 1 amide bonds. The van der Waals surface area contributed by atoms with Crippen LogP contribution in [0, 0.1) is 5.41 Å². The summed E-state index contributed by atoms with van der Waals surface area (Å²) in [5.74, 6) is -0.229. The highest BCUT2D eigenvalue weighted by Gasteiger charge is 2.33. The second-order valence-corrected chi connectivity index (χ2v) is 10.1. The first-order chi connectivity index (χ1) is 17.8. The third kappa shape index (κ3) is 18.3. The van der Waals surface area contributed by atoms with Crippen LogP contribution in [0.15, 0.2) is 30.3 Å². The fraction of sp³-hybridized carbons (Fsp3) is 0.630. The van der Waals surface area contributed by atoms with Crippen molar-refractivity contribution in [3.63, 3.8) is 0 Å². The lowest BCUT2D eigenvalue weighted by molar-refractivity contribution is -0.139. The van der Waals surface area contributed by atoms with Crippen LogP contribution < -0.4 is 10.5 Å². The number of amides is 1. The molecular weight excluding hydrogens is 494 g/mol. The number of benzene rings is 1. The normalized spacial score (nSPS) is 15.2. The Morgan fingerprint density at radius 2 is 1.61 bits per heavy atom. The van der Waals surface area contributed by atoms with Crippen LogP contribution in [0.3, 0.4) is 0 Å². The maximum Gasteiger partial charge on any atom is 0.410 e. The summed E-state index contributed by atoms with van der Waals surface area (Å²) >= 11 is 0. The first kappa shape index (κ1) is 37.1. The van der Waals surface area contributed by atoms with Crippen molar-refractivity contribution in [2.24, 2.45) is 11.1 Å². The predicted octanol–water partition coefficient (Wildman–Crippen LogP) is 3.06. The summed E-state index contributed by atoms with van der Waals surface area (Å²) in [6, 6.07) is 8.37. The van der Waals surface area contributed by atoms with Crippen LogP contribution >= 0.6 is 0 Å². The number of rotatable bonds is 8. The zero-order valence-corrected chi connectivity index (χ0v) is 24.1. The lowest BCUT2D eigenvalue weighted by Crippen LogP contribution is -2.57. The van der Waals surface area contributed by atoms with Crippen LogP contribution in [-0.4, -0.2) is 98.8 Å². The highest BCUT2D eigenvalue weighted by molar-refractivity contribution is 5.74. The zero-order chi connectivity index (χ0) is 29.8. The van der Waals surface area contributed by atoms with Crippen LogP contribution in [-0.2, 0) is 23.9 Å². The van der Waals surface area contributed by atoms with Gasteiger partial charge in [0, 0.05) is 33.9 Å². The molecule has 11 heteroatoms. The maximum atomic E-state index is 12.2. The number of nitrogens with zero attached hydrogens (tertiary/aromatic N) is 2. The summed E-state index contributed by atoms with van der Waals surface area (Å²) in [6.07, 6.45) is 1.14. The number of carboxylic acids is 1. The van der Waals surface area contributed by atoms with Crippen LogP contribution in [0.4, 0.5) is 4.79 Å². The van der Waals surface area contributed by atoms with E-state index >= 15 is 0 Å². The molecule has 0 aliphatic carbocycles. The number of carbonyl (C=O) groups is 4. The average molecular weight is 542 g/mol. The number of nitrogens with two attached hydrogens (primary N) is 1. The van der Waals surface area contributed by atoms with E-state index in [1.54, 1.807) is 59.3 Å². The number of carboxylic acid groups (broad SMARTS) is 1. The minimum atomic E-state index is -0.805. The van der Waals surface area contributed by atoms with E-state index in [1.165, 1.54) is 11.9 Å². The molecule has 1 saturated heterocycles. The number of hydrogen-bond donors (Lipinski definition) is 2. The van der Waals surface area contributed by atoms with Crippen molar-refractivity contribution in [2.75, 3.05) is 47.4 Å². The van der Waals surface area contributed by atoms with Gasteiger partial charge in [0.25, 0.3) is 6.47 Å². The maximum absolute atomic E-state index is 12.2. The van der Waals surface area contributed by atoms with Crippen LogP contribution in [0.5, 0.6) is 5.75 Å². The molecule has 1 aliphatic rings. The number of para-hydroxylation sites is 1. The van der Waals surface area contributed by atoms with Gasteiger partial charge in [0.1, 0.15) is 23.7 Å². The molecule has 1 aromatic rings. The third-order valence-corrected chi connectivity index (χ3v) is 4.95. The molecule has 11 nitrogen and oxygen atoms in total. The van der Waals surface area contributed by atoms with E-state index in [4.69, 9.17) is 9.84 Å². The summed E-state index contributed by atoms with van der Waals surface area (Å²) < 4.78 is 14.1. The van der Waals surface area contributed by atoms with Crippen molar-refractivity contribution in [2.45, 2.75) is 59.1 Å². The van der Waals surface area contributed by atoms with Gasteiger partial charge in [-0.2, -0.15) is 0 Å². The summed E-state index contributed by atoms with van der Waals surface area (Å²) in [5.41, 5.74) is 3.60. The smallest absolute Gasteiger partial charge is 0.410 e. The van der Waals surface area contributed by atoms with Gasteiger partial charge in [0.2, 0.25) is 0 Å². The Kier molecular flexibility index (Phi) is 19.6. The van der Waals surface area contributed by atoms with Gasteiger partial charge in [-0.05, 0) is 58.3 Å². The van der Waals surface area contributed by atoms with E-state index in [2.05, 4.69) is 20.1 Å². The number of aliphatic carboxylic acids is 1. The lowest BCUT2D eigenvalue weighted by atomic mass is 9.85. The Hall–Kier alpha value is -3.02. The predicted molar refractivity (Wildman–Crippen MR) is 146 cm³/mol. The molecular formula is C27H47N3O8. The van der Waals surface area contributed by atoms with Crippen LogP contribution in [0.25, 0.3) is 0 Å². The monoisotopic (exact) mass is 541 g/mol. The molecule has 3 N–H and O–H groups in total. The molecule has 0 aromatic heterocycles. The van der Waals surface area contributed by atoms with Crippen molar-refractivity contribution in [1.29, 1.82) is 0 Å².